The van der Waals surface area contributed by atoms with E-state index in [-0.39, 0.29) is 5.41 Å². The van der Waals surface area contributed by atoms with Gasteiger partial charge in [0.25, 0.3) is 0 Å². The molecule has 0 radical (unpaired) electrons. The van der Waals surface area contributed by atoms with Gasteiger partial charge in [0.1, 0.15) is 5.75 Å². The van der Waals surface area contributed by atoms with Gasteiger partial charge in [0.15, 0.2) is 5.06 Å². The minimum Gasteiger partial charge on any atom is -0.447 e. The molecule has 1 aliphatic rings. The predicted octanol–water partition coefficient (Wildman–Crippen LogP) is 12.9. The molecule has 5 heteroatoms. The smallest absolute Gasteiger partial charge is 0.182 e. The topological polar surface area (TPSA) is 28.6 Å². The first kappa shape index (κ1) is 32.5. The van der Waals surface area contributed by atoms with E-state index in [4.69, 9.17) is 9.72 Å². The van der Waals surface area contributed by atoms with Crippen molar-refractivity contribution in [1.29, 1.82) is 0 Å². The number of pyridine rings is 1. The van der Waals surface area contributed by atoms with Crippen molar-refractivity contribution in [1.82, 2.24) is 4.98 Å². The fourth-order valence-electron chi connectivity index (χ4n) is 6.98. The molecule has 2 aromatic heterocycles. The van der Waals surface area contributed by atoms with Gasteiger partial charge in [-0.1, -0.05) is 129 Å². The van der Waals surface area contributed by atoms with Crippen LogP contribution in [0.3, 0.4) is 0 Å². The van der Waals surface area contributed by atoms with Crippen LogP contribution in [0.1, 0.15) is 40.2 Å². The Labute approximate surface area is 304 Å². The standard InChI is InChI=1S/C46H41N3OS/c1-31-32(2)49(45-38(33-15-8-6-9-16-33)21-13-22-39(45)34-17-10-7-11-18-34)30-48(31)36-19-12-20-37(28-36)50-44-29-41-40(23-14-24-43(41)51-44)42-27-35(25-26-47-42)46(3,4)5/h6-29H,30H2,1-5H3. The van der Waals surface area contributed by atoms with E-state index in [1.54, 1.807) is 11.3 Å². The second-order valence-electron chi connectivity index (χ2n) is 14.2. The number of hydrogen-bond donors (Lipinski definition) is 0. The average molecular weight is 684 g/mol. The van der Waals surface area contributed by atoms with E-state index in [2.05, 4.69) is 178 Å². The molecule has 3 heterocycles. The van der Waals surface area contributed by atoms with Crippen molar-refractivity contribution in [2.45, 2.75) is 40.0 Å². The van der Waals surface area contributed by atoms with Gasteiger partial charge in [0.2, 0.25) is 0 Å². The highest BCUT2D eigenvalue weighted by Crippen LogP contribution is 2.45. The molecule has 0 spiro atoms. The van der Waals surface area contributed by atoms with Crippen LogP contribution in [0.4, 0.5) is 11.4 Å². The molecule has 0 saturated heterocycles. The Morgan fingerprint density at radius 3 is 1.94 bits per heavy atom. The van der Waals surface area contributed by atoms with Gasteiger partial charge in [0.05, 0.1) is 18.1 Å². The number of aromatic nitrogens is 1. The summed E-state index contributed by atoms with van der Waals surface area (Å²) in [6.45, 7) is 11.8. The molecule has 7 aromatic rings. The maximum atomic E-state index is 6.60. The van der Waals surface area contributed by atoms with Crippen LogP contribution in [0.5, 0.6) is 10.8 Å². The van der Waals surface area contributed by atoms with E-state index in [0.717, 1.165) is 33.1 Å². The summed E-state index contributed by atoms with van der Waals surface area (Å²) in [6, 6.07) is 49.4. The molecule has 0 saturated carbocycles. The molecule has 1 aliphatic heterocycles. The Morgan fingerprint density at radius 2 is 1.25 bits per heavy atom. The lowest BCUT2D eigenvalue weighted by atomic mass is 9.87. The summed E-state index contributed by atoms with van der Waals surface area (Å²) in [7, 11) is 0. The number of rotatable bonds is 7. The zero-order chi connectivity index (χ0) is 35.1. The molecule has 0 atom stereocenters. The van der Waals surface area contributed by atoms with Crippen LogP contribution < -0.4 is 14.5 Å². The molecule has 0 aliphatic carbocycles. The number of ether oxygens (including phenoxy) is 1. The lowest BCUT2D eigenvalue weighted by Gasteiger charge is -2.28. The van der Waals surface area contributed by atoms with Crippen molar-refractivity contribution in [3.05, 3.63) is 163 Å². The van der Waals surface area contributed by atoms with Gasteiger partial charge in [0, 0.05) is 62.2 Å². The van der Waals surface area contributed by atoms with Crippen molar-refractivity contribution in [3.63, 3.8) is 0 Å². The summed E-state index contributed by atoms with van der Waals surface area (Å²) in [5, 5.41) is 2.01. The first-order valence-electron chi connectivity index (χ1n) is 17.5. The number of fused-ring (bicyclic) bond motifs is 1. The molecule has 51 heavy (non-hydrogen) atoms. The molecule has 4 nitrogen and oxygen atoms in total. The monoisotopic (exact) mass is 683 g/mol. The average Bonchev–Trinajstić information content (AvgIpc) is 3.70. The Balaban J connectivity index is 1.11. The molecule has 0 unspecified atom stereocenters. The molecule has 0 N–H and O–H groups in total. The summed E-state index contributed by atoms with van der Waals surface area (Å²) in [5.74, 6) is 0.812. The summed E-state index contributed by atoms with van der Waals surface area (Å²) < 4.78 is 7.78. The SMILES string of the molecule is CC1=C(C)N(c2c(-c3ccccc3)cccc2-c2ccccc2)CN1c1cccc(Oc2cc3c(-c4cc(C(C)(C)C)ccn4)cccc3s2)c1. The highest BCUT2D eigenvalue weighted by atomic mass is 32.1. The minimum atomic E-state index is 0.0490. The zero-order valence-electron chi connectivity index (χ0n) is 29.7. The van der Waals surface area contributed by atoms with Crippen molar-refractivity contribution in [2.75, 3.05) is 16.5 Å². The molecule has 252 valence electrons. The summed E-state index contributed by atoms with van der Waals surface area (Å²) in [5.41, 5.74) is 13.0. The van der Waals surface area contributed by atoms with E-state index in [1.165, 1.54) is 49.6 Å². The van der Waals surface area contributed by atoms with Crippen LogP contribution in [-0.2, 0) is 5.41 Å². The molecular formula is C46H41N3OS. The maximum absolute atomic E-state index is 6.60. The van der Waals surface area contributed by atoms with Gasteiger partial charge in [-0.3, -0.25) is 4.98 Å². The van der Waals surface area contributed by atoms with Crippen LogP contribution in [0.25, 0.3) is 43.6 Å². The molecule has 0 amide bonds. The summed E-state index contributed by atoms with van der Waals surface area (Å²) in [6.07, 6.45) is 1.92. The van der Waals surface area contributed by atoms with Gasteiger partial charge in [-0.15, -0.1) is 0 Å². The zero-order valence-corrected chi connectivity index (χ0v) is 30.5. The maximum Gasteiger partial charge on any atom is 0.182 e. The number of anilines is 2. The van der Waals surface area contributed by atoms with Gasteiger partial charge in [-0.05, 0) is 66.3 Å². The molecule has 0 bridgehead atoms. The number of thiophene rings is 1. The number of allylic oxidation sites excluding steroid dienone is 2. The van der Waals surface area contributed by atoms with Crippen LogP contribution in [-0.4, -0.2) is 11.7 Å². The molecule has 8 rings (SSSR count). The van der Waals surface area contributed by atoms with E-state index in [9.17, 15) is 0 Å². The Kier molecular flexibility index (Phi) is 8.45. The van der Waals surface area contributed by atoms with E-state index in [1.807, 2.05) is 12.3 Å². The summed E-state index contributed by atoms with van der Waals surface area (Å²) in [4.78, 5) is 9.61. The largest absolute Gasteiger partial charge is 0.447 e. The van der Waals surface area contributed by atoms with Crippen LogP contribution in [0, 0.1) is 0 Å². The third-order valence-corrected chi connectivity index (χ3v) is 10.9. The van der Waals surface area contributed by atoms with Crippen molar-refractivity contribution in [2.24, 2.45) is 0 Å². The Morgan fingerprint density at radius 1 is 0.627 bits per heavy atom. The highest BCUT2D eigenvalue weighted by molar-refractivity contribution is 7.20. The van der Waals surface area contributed by atoms with Crippen LogP contribution in [0.2, 0.25) is 0 Å². The van der Waals surface area contributed by atoms with Crippen LogP contribution in [0.15, 0.2) is 157 Å². The summed E-state index contributed by atoms with van der Waals surface area (Å²) >= 11 is 1.67. The predicted molar refractivity (Wildman–Crippen MR) is 216 cm³/mol. The number of nitrogens with zero attached hydrogens (tertiary/aromatic N) is 3. The van der Waals surface area contributed by atoms with Crippen molar-refractivity contribution < 1.29 is 4.74 Å². The van der Waals surface area contributed by atoms with E-state index < -0.39 is 0 Å². The van der Waals surface area contributed by atoms with Gasteiger partial charge < -0.3 is 14.5 Å². The molecular weight excluding hydrogens is 643 g/mol. The Bertz CT molecular complexity index is 2330. The number of para-hydroxylation sites is 1. The van der Waals surface area contributed by atoms with E-state index in [0.29, 0.717) is 6.67 Å². The third-order valence-electron chi connectivity index (χ3n) is 9.88. The first-order chi connectivity index (χ1) is 24.7. The quantitative estimate of drug-likeness (QED) is 0.167. The van der Waals surface area contributed by atoms with Gasteiger partial charge in [-0.25, -0.2) is 0 Å². The van der Waals surface area contributed by atoms with Crippen molar-refractivity contribution >= 4 is 32.8 Å². The third kappa shape index (κ3) is 6.30. The fourth-order valence-corrected chi connectivity index (χ4v) is 7.94. The van der Waals surface area contributed by atoms with Gasteiger partial charge >= 0.3 is 0 Å². The number of benzene rings is 5. The lowest BCUT2D eigenvalue weighted by molar-refractivity contribution is 0.497. The molecule has 5 aromatic carbocycles. The molecule has 0 fully saturated rings. The second-order valence-corrected chi connectivity index (χ2v) is 15.2. The van der Waals surface area contributed by atoms with Gasteiger partial charge in [-0.2, -0.15) is 0 Å². The number of hydrogen-bond acceptors (Lipinski definition) is 5. The Hall–Kier alpha value is -5.65. The first-order valence-corrected chi connectivity index (χ1v) is 18.3. The van der Waals surface area contributed by atoms with Crippen LogP contribution >= 0.6 is 11.3 Å². The second kappa shape index (κ2) is 13.2. The van der Waals surface area contributed by atoms with E-state index >= 15 is 0 Å². The minimum absolute atomic E-state index is 0.0490. The normalized spacial score (nSPS) is 13.4. The van der Waals surface area contributed by atoms with Crippen molar-refractivity contribution in [3.8, 4) is 44.3 Å². The highest BCUT2D eigenvalue weighted by Gasteiger charge is 2.30. The lowest BCUT2D eigenvalue weighted by Crippen LogP contribution is -2.27. The fraction of sp³-hybridized carbons (Fsp3) is 0.152.